The second-order valence-corrected chi connectivity index (χ2v) is 5.80. The number of amides is 1. The van der Waals surface area contributed by atoms with E-state index in [-0.39, 0.29) is 5.92 Å². The van der Waals surface area contributed by atoms with E-state index < -0.39 is 0 Å². The van der Waals surface area contributed by atoms with Crippen molar-refractivity contribution >= 4 is 17.7 Å². The van der Waals surface area contributed by atoms with Crippen molar-refractivity contribution in [3.05, 3.63) is 0 Å². The van der Waals surface area contributed by atoms with Crippen molar-refractivity contribution in [2.45, 2.75) is 38.3 Å². The smallest absolute Gasteiger partial charge is 0.224 e. The predicted molar refractivity (Wildman–Crippen MR) is 64.1 cm³/mol. The Kier molecular flexibility index (Phi) is 3.92. The monoisotopic (exact) mass is 228 g/mol. The second kappa shape index (κ2) is 5.21. The molecule has 15 heavy (non-hydrogen) atoms. The van der Waals surface area contributed by atoms with Crippen molar-refractivity contribution in [3.63, 3.8) is 0 Å². The molecule has 0 aromatic heterocycles. The SMILES string of the molecule is CC1CC(NC(=O)C2CCSC2)CCN1. The Morgan fingerprint density at radius 2 is 2.33 bits per heavy atom. The van der Waals surface area contributed by atoms with Crippen LogP contribution in [-0.4, -0.2) is 36.0 Å². The zero-order valence-electron chi connectivity index (χ0n) is 9.29. The lowest BCUT2D eigenvalue weighted by Crippen LogP contribution is -2.48. The van der Waals surface area contributed by atoms with Crippen LogP contribution < -0.4 is 10.6 Å². The first-order valence-electron chi connectivity index (χ1n) is 5.87. The fourth-order valence-corrected chi connectivity index (χ4v) is 3.54. The van der Waals surface area contributed by atoms with Gasteiger partial charge in [-0.25, -0.2) is 0 Å². The van der Waals surface area contributed by atoms with E-state index in [9.17, 15) is 4.79 Å². The number of nitrogens with one attached hydrogen (secondary N) is 2. The Balaban J connectivity index is 1.77. The van der Waals surface area contributed by atoms with E-state index in [4.69, 9.17) is 0 Å². The van der Waals surface area contributed by atoms with E-state index in [0.29, 0.717) is 18.0 Å². The summed E-state index contributed by atoms with van der Waals surface area (Å²) in [5, 5.41) is 6.60. The van der Waals surface area contributed by atoms with Gasteiger partial charge in [-0.1, -0.05) is 0 Å². The van der Waals surface area contributed by atoms with Gasteiger partial charge in [-0.15, -0.1) is 0 Å². The summed E-state index contributed by atoms with van der Waals surface area (Å²) in [6.07, 6.45) is 3.22. The lowest BCUT2D eigenvalue weighted by Gasteiger charge is -2.29. The molecule has 4 heteroatoms. The fraction of sp³-hybridized carbons (Fsp3) is 0.909. The zero-order chi connectivity index (χ0) is 10.7. The first-order chi connectivity index (χ1) is 7.25. The van der Waals surface area contributed by atoms with E-state index in [0.717, 1.165) is 37.3 Å². The molecule has 0 bridgehead atoms. The molecule has 0 aromatic rings. The summed E-state index contributed by atoms with van der Waals surface area (Å²) >= 11 is 1.90. The Morgan fingerprint density at radius 3 is 3.00 bits per heavy atom. The number of carbonyl (C=O) groups excluding carboxylic acids is 1. The summed E-state index contributed by atoms with van der Waals surface area (Å²) in [7, 11) is 0. The van der Waals surface area contributed by atoms with Gasteiger partial charge in [0, 0.05) is 23.8 Å². The van der Waals surface area contributed by atoms with Crippen molar-refractivity contribution in [1.29, 1.82) is 0 Å². The molecular formula is C11H20N2OS. The summed E-state index contributed by atoms with van der Waals surface area (Å²) in [5.41, 5.74) is 0. The molecule has 0 aliphatic carbocycles. The molecule has 0 spiro atoms. The third-order valence-corrected chi connectivity index (χ3v) is 4.43. The van der Waals surface area contributed by atoms with Gasteiger partial charge in [0.25, 0.3) is 0 Å². The summed E-state index contributed by atoms with van der Waals surface area (Å²) in [6, 6.07) is 0.946. The van der Waals surface area contributed by atoms with Crippen LogP contribution in [0.3, 0.4) is 0 Å². The number of hydrogen-bond donors (Lipinski definition) is 2. The standard InChI is InChI=1S/C11H20N2OS/c1-8-6-10(2-4-12-8)13-11(14)9-3-5-15-7-9/h8-10,12H,2-7H2,1H3,(H,13,14). The maximum absolute atomic E-state index is 11.9. The van der Waals surface area contributed by atoms with E-state index in [1.807, 2.05) is 11.8 Å². The molecule has 2 aliphatic heterocycles. The van der Waals surface area contributed by atoms with E-state index in [1.54, 1.807) is 0 Å². The van der Waals surface area contributed by atoms with Crippen molar-refractivity contribution in [2.24, 2.45) is 5.92 Å². The van der Waals surface area contributed by atoms with Gasteiger partial charge < -0.3 is 10.6 Å². The molecule has 1 amide bonds. The highest BCUT2D eigenvalue weighted by Gasteiger charge is 2.26. The molecule has 2 fully saturated rings. The van der Waals surface area contributed by atoms with Gasteiger partial charge in [-0.3, -0.25) is 4.79 Å². The number of thioether (sulfide) groups is 1. The maximum Gasteiger partial charge on any atom is 0.224 e. The number of hydrogen-bond acceptors (Lipinski definition) is 3. The Hall–Kier alpha value is -0.220. The van der Waals surface area contributed by atoms with Gasteiger partial charge in [0.1, 0.15) is 0 Å². The Morgan fingerprint density at radius 1 is 1.47 bits per heavy atom. The van der Waals surface area contributed by atoms with Crippen LogP contribution in [0.5, 0.6) is 0 Å². The van der Waals surface area contributed by atoms with Crippen LogP contribution >= 0.6 is 11.8 Å². The minimum Gasteiger partial charge on any atom is -0.353 e. The highest BCUT2D eigenvalue weighted by Crippen LogP contribution is 2.23. The van der Waals surface area contributed by atoms with Gasteiger partial charge in [-0.05, 0) is 38.5 Å². The van der Waals surface area contributed by atoms with Crippen LogP contribution in [0.2, 0.25) is 0 Å². The van der Waals surface area contributed by atoms with E-state index in [1.165, 1.54) is 0 Å². The van der Waals surface area contributed by atoms with Crippen LogP contribution in [-0.2, 0) is 4.79 Å². The minimum atomic E-state index is 0.278. The van der Waals surface area contributed by atoms with Crippen molar-refractivity contribution in [1.82, 2.24) is 10.6 Å². The van der Waals surface area contributed by atoms with Gasteiger partial charge in [0.05, 0.1) is 0 Å². The Bertz CT molecular complexity index is 229. The van der Waals surface area contributed by atoms with Crippen LogP contribution in [0.15, 0.2) is 0 Å². The quantitative estimate of drug-likeness (QED) is 0.741. The molecule has 2 aliphatic rings. The second-order valence-electron chi connectivity index (χ2n) is 4.65. The number of rotatable bonds is 2. The summed E-state index contributed by atoms with van der Waals surface area (Å²) in [5.74, 6) is 2.74. The molecule has 86 valence electrons. The van der Waals surface area contributed by atoms with Crippen LogP contribution in [0.1, 0.15) is 26.2 Å². The molecular weight excluding hydrogens is 208 g/mol. The zero-order valence-corrected chi connectivity index (χ0v) is 10.1. The van der Waals surface area contributed by atoms with Gasteiger partial charge in [0.2, 0.25) is 5.91 Å². The molecule has 2 saturated heterocycles. The van der Waals surface area contributed by atoms with Crippen LogP contribution in [0.4, 0.5) is 0 Å². The summed E-state index contributed by atoms with van der Waals surface area (Å²) in [4.78, 5) is 11.9. The molecule has 0 radical (unpaired) electrons. The van der Waals surface area contributed by atoms with E-state index >= 15 is 0 Å². The highest BCUT2D eigenvalue weighted by molar-refractivity contribution is 7.99. The van der Waals surface area contributed by atoms with Crippen LogP contribution in [0, 0.1) is 5.92 Å². The average Bonchev–Trinajstić information content (AvgIpc) is 2.70. The largest absolute Gasteiger partial charge is 0.353 e. The average molecular weight is 228 g/mol. The maximum atomic E-state index is 11.9. The molecule has 2 heterocycles. The fourth-order valence-electron chi connectivity index (χ4n) is 2.32. The first kappa shape index (κ1) is 11.3. The molecule has 0 aromatic carbocycles. The third kappa shape index (κ3) is 3.11. The van der Waals surface area contributed by atoms with Crippen LogP contribution in [0.25, 0.3) is 0 Å². The molecule has 3 unspecified atom stereocenters. The van der Waals surface area contributed by atoms with Gasteiger partial charge in [-0.2, -0.15) is 11.8 Å². The number of carbonyl (C=O) groups is 1. The molecule has 3 nitrogen and oxygen atoms in total. The van der Waals surface area contributed by atoms with Crippen molar-refractivity contribution in [3.8, 4) is 0 Å². The predicted octanol–water partition coefficient (Wildman–Crippen LogP) is 0.996. The summed E-state index contributed by atoms with van der Waals surface area (Å²) in [6.45, 7) is 3.22. The third-order valence-electron chi connectivity index (χ3n) is 3.27. The summed E-state index contributed by atoms with van der Waals surface area (Å²) < 4.78 is 0. The highest BCUT2D eigenvalue weighted by atomic mass is 32.2. The topological polar surface area (TPSA) is 41.1 Å². The normalized spacial score (nSPS) is 36.5. The molecule has 3 atom stereocenters. The lowest BCUT2D eigenvalue weighted by molar-refractivity contribution is -0.125. The van der Waals surface area contributed by atoms with Gasteiger partial charge in [0.15, 0.2) is 0 Å². The first-order valence-corrected chi connectivity index (χ1v) is 7.02. The Labute approximate surface area is 95.8 Å². The minimum absolute atomic E-state index is 0.278. The lowest BCUT2D eigenvalue weighted by atomic mass is 9.99. The number of piperidine rings is 1. The van der Waals surface area contributed by atoms with Gasteiger partial charge >= 0.3 is 0 Å². The van der Waals surface area contributed by atoms with E-state index in [2.05, 4.69) is 17.6 Å². The van der Waals surface area contributed by atoms with Crippen molar-refractivity contribution in [2.75, 3.05) is 18.1 Å². The molecule has 2 N–H and O–H groups in total. The van der Waals surface area contributed by atoms with Crippen molar-refractivity contribution < 1.29 is 4.79 Å². The molecule has 2 rings (SSSR count). The molecule has 0 saturated carbocycles.